The van der Waals surface area contributed by atoms with Crippen molar-refractivity contribution in [2.75, 3.05) is 12.0 Å². The van der Waals surface area contributed by atoms with Crippen molar-refractivity contribution in [3.63, 3.8) is 0 Å². The highest BCUT2D eigenvalue weighted by Gasteiger charge is 2.31. The minimum Gasteiger partial charge on any atom is -0.488 e. The molecule has 0 radical (unpaired) electrons. The summed E-state index contributed by atoms with van der Waals surface area (Å²) in [5.41, 5.74) is -0.837. The van der Waals surface area contributed by atoms with Crippen molar-refractivity contribution in [1.29, 1.82) is 0 Å². The molecule has 0 saturated heterocycles. The summed E-state index contributed by atoms with van der Waals surface area (Å²) in [6, 6.07) is 7.67. The van der Waals surface area contributed by atoms with Crippen LogP contribution in [-0.4, -0.2) is 18.1 Å². The van der Waals surface area contributed by atoms with Gasteiger partial charge in [0.05, 0.1) is 15.6 Å². The fraction of sp³-hybridized carbons (Fsp3) is 0.294. The van der Waals surface area contributed by atoms with E-state index in [1.165, 1.54) is 6.07 Å². The zero-order chi connectivity index (χ0) is 18.6. The average Bonchev–Trinajstić information content (AvgIpc) is 2.51. The third kappa shape index (κ3) is 5.62. The molecule has 0 aliphatic rings. The van der Waals surface area contributed by atoms with Crippen LogP contribution >= 0.6 is 35.0 Å². The van der Waals surface area contributed by atoms with Gasteiger partial charge in [-0.25, -0.2) is 0 Å². The average molecular weight is 411 g/mol. The fourth-order valence-corrected chi connectivity index (χ4v) is 2.93. The predicted molar refractivity (Wildman–Crippen MR) is 96.5 cm³/mol. The molecule has 0 N–H and O–H groups in total. The van der Waals surface area contributed by atoms with Gasteiger partial charge in [0.15, 0.2) is 0 Å². The van der Waals surface area contributed by atoms with E-state index in [0.29, 0.717) is 16.5 Å². The number of halogens is 5. The summed E-state index contributed by atoms with van der Waals surface area (Å²) < 4.78 is 49.3. The largest absolute Gasteiger partial charge is 0.488 e. The topological polar surface area (TPSA) is 18.5 Å². The summed E-state index contributed by atoms with van der Waals surface area (Å²) in [7, 11) is 0. The summed E-state index contributed by atoms with van der Waals surface area (Å²) in [5.74, 6) is 1.69. The first kappa shape index (κ1) is 20.1. The second-order valence-corrected chi connectivity index (χ2v) is 6.95. The maximum Gasteiger partial charge on any atom is 0.416 e. The van der Waals surface area contributed by atoms with E-state index in [9.17, 15) is 13.2 Å². The van der Waals surface area contributed by atoms with Gasteiger partial charge >= 0.3 is 6.18 Å². The smallest absolute Gasteiger partial charge is 0.416 e. The van der Waals surface area contributed by atoms with E-state index in [1.54, 1.807) is 30.0 Å². The van der Waals surface area contributed by atoms with Crippen LogP contribution in [0.15, 0.2) is 36.4 Å². The van der Waals surface area contributed by atoms with Gasteiger partial charge < -0.3 is 9.47 Å². The van der Waals surface area contributed by atoms with Crippen molar-refractivity contribution in [2.24, 2.45) is 0 Å². The first-order valence-electron chi connectivity index (χ1n) is 7.20. The molecule has 0 heterocycles. The molecule has 2 rings (SSSR count). The molecule has 136 valence electrons. The third-order valence-corrected chi connectivity index (χ3v) is 4.53. The number of ether oxygens (including phenoxy) is 2. The molecule has 2 aromatic carbocycles. The molecule has 0 aliphatic carbocycles. The normalized spacial score (nSPS) is 12.8. The summed E-state index contributed by atoms with van der Waals surface area (Å²) >= 11 is 13.6. The zero-order valence-electron chi connectivity index (χ0n) is 13.4. The van der Waals surface area contributed by atoms with Gasteiger partial charge in [-0.3, -0.25) is 0 Å². The molecule has 0 saturated carbocycles. The minimum atomic E-state index is -4.46. The molecule has 25 heavy (non-hydrogen) atoms. The van der Waals surface area contributed by atoms with Crippen LogP contribution in [0.25, 0.3) is 0 Å². The number of benzene rings is 2. The quantitative estimate of drug-likeness (QED) is 0.513. The van der Waals surface area contributed by atoms with Crippen molar-refractivity contribution in [1.82, 2.24) is 0 Å². The molecule has 2 nitrogen and oxygen atoms in total. The van der Waals surface area contributed by atoms with Gasteiger partial charge in [0.25, 0.3) is 0 Å². The first-order chi connectivity index (χ1) is 11.7. The van der Waals surface area contributed by atoms with Crippen LogP contribution in [0.3, 0.4) is 0 Å². The molecule has 0 spiro atoms. The number of thioether (sulfide) groups is 1. The van der Waals surface area contributed by atoms with Crippen LogP contribution in [0.1, 0.15) is 12.5 Å². The summed E-state index contributed by atoms with van der Waals surface area (Å²) in [4.78, 5) is 0. The summed E-state index contributed by atoms with van der Waals surface area (Å²) in [5, 5.41) is 0.279. The van der Waals surface area contributed by atoms with E-state index >= 15 is 0 Å². The lowest BCUT2D eigenvalue weighted by Gasteiger charge is -2.16. The Labute approximate surface area is 158 Å². The maximum atomic E-state index is 12.7. The lowest BCUT2D eigenvalue weighted by molar-refractivity contribution is -0.137. The Kier molecular flexibility index (Phi) is 6.77. The highest BCUT2D eigenvalue weighted by molar-refractivity contribution is 7.98. The van der Waals surface area contributed by atoms with Gasteiger partial charge in [0.1, 0.15) is 23.4 Å². The van der Waals surface area contributed by atoms with Crippen LogP contribution in [0, 0.1) is 0 Å². The highest BCUT2D eigenvalue weighted by atomic mass is 35.5. The third-order valence-electron chi connectivity index (χ3n) is 3.12. The second kappa shape index (κ2) is 8.43. The fourth-order valence-electron chi connectivity index (χ4n) is 2.01. The Morgan fingerprint density at radius 1 is 1.04 bits per heavy atom. The van der Waals surface area contributed by atoms with Crippen molar-refractivity contribution in [3.8, 4) is 17.2 Å². The van der Waals surface area contributed by atoms with Crippen LogP contribution in [0.2, 0.25) is 10.0 Å². The maximum absolute atomic E-state index is 12.7. The first-order valence-corrected chi connectivity index (χ1v) is 9.35. The second-order valence-electron chi connectivity index (χ2n) is 5.22. The molecule has 0 aromatic heterocycles. The standard InChI is InChI=1S/C17H15Cl2F3O2S/c1-10(9-25-2)23-16-8-12(4-5-13(16)18)24-15-6-3-11(7-14(15)19)17(20,21)22/h3-8,10H,9H2,1-2H3. The highest BCUT2D eigenvalue weighted by Crippen LogP contribution is 2.38. The van der Waals surface area contributed by atoms with Gasteiger partial charge in [0, 0.05) is 11.8 Å². The van der Waals surface area contributed by atoms with Crippen LogP contribution in [-0.2, 0) is 6.18 Å². The van der Waals surface area contributed by atoms with Crippen LogP contribution in [0.5, 0.6) is 17.2 Å². The Bertz CT molecular complexity index is 738. The van der Waals surface area contributed by atoms with E-state index in [1.807, 2.05) is 13.2 Å². The van der Waals surface area contributed by atoms with Gasteiger partial charge in [-0.1, -0.05) is 23.2 Å². The van der Waals surface area contributed by atoms with Crippen molar-refractivity contribution in [3.05, 3.63) is 52.0 Å². The number of alkyl halides is 3. The van der Waals surface area contributed by atoms with Gasteiger partial charge in [-0.05, 0) is 43.5 Å². The van der Waals surface area contributed by atoms with E-state index in [0.717, 1.165) is 17.9 Å². The SMILES string of the molecule is CSCC(C)Oc1cc(Oc2ccc(C(F)(F)F)cc2Cl)ccc1Cl. The Balaban J connectivity index is 2.20. The Morgan fingerprint density at radius 3 is 2.36 bits per heavy atom. The molecule has 2 aromatic rings. The molecule has 8 heteroatoms. The van der Waals surface area contributed by atoms with Crippen LogP contribution in [0.4, 0.5) is 13.2 Å². The van der Waals surface area contributed by atoms with E-state index in [-0.39, 0.29) is 16.9 Å². The molecule has 0 aliphatic heterocycles. The van der Waals surface area contributed by atoms with E-state index < -0.39 is 11.7 Å². The Hall–Kier alpha value is -1.24. The van der Waals surface area contributed by atoms with E-state index in [4.69, 9.17) is 32.7 Å². The summed E-state index contributed by atoms with van der Waals surface area (Å²) in [6.07, 6.45) is -2.55. The van der Waals surface area contributed by atoms with Crippen molar-refractivity contribution >= 4 is 35.0 Å². The molecule has 0 fully saturated rings. The van der Waals surface area contributed by atoms with Crippen molar-refractivity contribution in [2.45, 2.75) is 19.2 Å². The molecule has 1 atom stereocenters. The monoisotopic (exact) mass is 410 g/mol. The predicted octanol–water partition coefficient (Wildman–Crippen LogP) is 6.93. The van der Waals surface area contributed by atoms with Crippen molar-refractivity contribution < 1.29 is 22.6 Å². The molecular weight excluding hydrogens is 396 g/mol. The lowest BCUT2D eigenvalue weighted by atomic mass is 10.2. The molecule has 0 amide bonds. The van der Waals surface area contributed by atoms with Crippen LogP contribution < -0.4 is 9.47 Å². The Morgan fingerprint density at radius 2 is 1.76 bits per heavy atom. The summed E-state index contributed by atoms with van der Waals surface area (Å²) in [6.45, 7) is 1.91. The number of hydrogen-bond acceptors (Lipinski definition) is 3. The zero-order valence-corrected chi connectivity index (χ0v) is 15.7. The van der Waals surface area contributed by atoms with Gasteiger partial charge in [0.2, 0.25) is 0 Å². The van der Waals surface area contributed by atoms with E-state index in [2.05, 4.69) is 0 Å². The van der Waals surface area contributed by atoms with Gasteiger partial charge in [-0.15, -0.1) is 0 Å². The molecular formula is C17H15Cl2F3O2S. The molecule has 1 unspecified atom stereocenters. The minimum absolute atomic E-state index is 0.0580. The number of rotatable bonds is 6. The number of hydrogen-bond donors (Lipinski definition) is 0. The molecule has 0 bridgehead atoms. The van der Waals surface area contributed by atoms with Gasteiger partial charge in [-0.2, -0.15) is 24.9 Å². The lowest BCUT2D eigenvalue weighted by Crippen LogP contribution is -2.14.